The topological polar surface area (TPSA) is 37.8 Å². The Kier molecular flexibility index (Phi) is 6.66. The normalized spacial score (nSPS) is 12.5. The van der Waals surface area contributed by atoms with Gasteiger partial charge < -0.3 is 5.32 Å². The number of thioether (sulfide) groups is 1. The Bertz CT molecular complexity index is 347. The number of anilines is 1. The quantitative estimate of drug-likeness (QED) is 0.770. The lowest BCUT2D eigenvalue weighted by Gasteiger charge is -2.14. The van der Waals surface area contributed by atoms with Gasteiger partial charge in [0.25, 0.3) is 0 Å². The minimum absolute atomic E-state index is 0.389. The molecule has 0 fully saturated rings. The average molecular weight is 274 g/mol. The molecule has 0 aliphatic heterocycles. The number of nitrogens with one attached hydrogen (secondary N) is 1. The van der Waals surface area contributed by atoms with Gasteiger partial charge in [-0.25, -0.2) is 9.97 Å². The molecule has 1 N–H and O–H groups in total. The van der Waals surface area contributed by atoms with Crippen molar-refractivity contribution in [1.82, 2.24) is 9.97 Å². The SMILES string of the molecule is CCCc1nc(Cl)cc(NC(C)CSCC)n1. The molecule has 1 aromatic rings. The van der Waals surface area contributed by atoms with Gasteiger partial charge in [-0.3, -0.25) is 0 Å². The monoisotopic (exact) mass is 273 g/mol. The highest BCUT2D eigenvalue weighted by Crippen LogP contribution is 2.14. The van der Waals surface area contributed by atoms with E-state index in [0.717, 1.165) is 36.0 Å². The Morgan fingerprint density at radius 2 is 2.18 bits per heavy atom. The van der Waals surface area contributed by atoms with Crippen LogP contribution in [0.1, 0.15) is 33.0 Å². The Morgan fingerprint density at radius 3 is 2.82 bits per heavy atom. The van der Waals surface area contributed by atoms with Gasteiger partial charge in [0.2, 0.25) is 0 Å². The predicted octanol–water partition coefficient (Wildman–Crippen LogP) is 3.64. The molecule has 0 aliphatic rings. The lowest BCUT2D eigenvalue weighted by molar-refractivity contribution is 0.824. The molecule has 1 atom stereocenters. The number of hydrogen-bond acceptors (Lipinski definition) is 4. The largest absolute Gasteiger partial charge is 0.367 e. The molecule has 0 aromatic carbocycles. The van der Waals surface area contributed by atoms with Crippen LogP contribution in [0.5, 0.6) is 0 Å². The van der Waals surface area contributed by atoms with Gasteiger partial charge in [-0.15, -0.1) is 0 Å². The van der Waals surface area contributed by atoms with Crippen molar-refractivity contribution < 1.29 is 0 Å². The van der Waals surface area contributed by atoms with E-state index in [0.29, 0.717) is 11.2 Å². The fourth-order valence-electron chi connectivity index (χ4n) is 1.46. The Hall–Kier alpha value is -0.480. The Labute approximate surface area is 113 Å². The molecular weight excluding hydrogens is 254 g/mol. The highest BCUT2D eigenvalue weighted by molar-refractivity contribution is 7.99. The maximum atomic E-state index is 5.98. The number of halogens is 1. The summed E-state index contributed by atoms with van der Waals surface area (Å²) in [5.41, 5.74) is 0. The van der Waals surface area contributed by atoms with E-state index in [1.807, 2.05) is 11.8 Å². The highest BCUT2D eigenvalue weighted by Gasteiger charge is 2.06. The van der Waals surface area contributed by atoms with Crippen molar-refractivity contribution in [3.63, 3.8) is 0 Å². The van der Waals surface area contributed by atoms with Crippen LogP contribution in [0, 0.1) is 0 Å². The number of aromatic nitrogens is 2. The molecule has 0 saturated heterocycles. The Morgan fingerprint density at radius 1 is 1.41 bits per heavy atom. The van der Waals surface area contributed by atoms with Crippen molar-refractivity contribution in [3.8, 4) is 0 Å². The first kappa shape index (κ1) is 14.6. The second-order valence-electron chi connectivity index (χ2n) is 3.95. The molecule has 0 radical (unpaired) electrons. The summed E-state index contributed by atoms with van der Waals surface area (Å²) in [5.74, 6) is 3.86. The molecule has 0 amide bonds. The summed E-state index contributed by atoms with van der Waals surface area (Å²) >= 11 is 7.89. The van der Waals surface area contributed by atoms with Gasteiger partial charge in [-0.05, 0) is 19.1 Å². The van der Waals surface area contributed by atoms with E-state index < -0.39 is 0 Å². The van der Waals surface area contributed by atoms with Crippen LogP contribution in [0.2, 0.25) is 5.15 Å². The maximum absolute atomic E-state index is 5.98. The molecule has 0 aliphatic carbocycles. The van der Waals surface area contributed by atoms with Gasteiger partial charge in [-0.2, -0.15) is 11.8 Å². The standard InChI is InChI=1S/C12H20ClN3S/c1-4-6-11-15-10(13)7-12(16-11)14-9(3)8-17-5-2/h7,9H,4-6,8H2,1-3H3,(H,14,15,16). The fraction of sp³-hybridized carbons (Fsp3) is 0.667. The van der Waals surface area contributed by atoms with Crippen molar-refractivity contribution in [1.29, 1.82) is 0 Å². The zero-order valence-electron chi connectivity index (χ0n) is 10.7. The molecule has 0 bridgehead atoms. The van der Waals surface area contributed by atoms with Crippen LogP contribution in [0.4, 0.5) is 5.82 Å². The molecule has 17 heavy (non-hydrogen) atoms. The van der Waals surface area contributed by atoms with Crippen LogP contribution in [0.3, 0.4) is 0 Å². The average Bonchev–Trinajstić information content (AvgIpc) is 2.26. The molecule has 3 nitrogen and oxygen atoms in total. The van der Waals surface area contributed by atoms with E-state index in [1.165, 1.54) is 0 Å². The number of nitrogens with zero attached hydrogens (tertiary/aromatic N) is 2. The van der Waals surface area contributed by atoms with Crippen LogP contribution in [0.25, 0.3) is 0 Å². The van der Waals surface area contributed by atoms with Crippen molar-refractivity contribution in [2.75, 3.05) is 16.8 Å². The van der Waals surface area contributed by atoms with E-state index in [1.54, 1.807) is 6.07 Å². The molecule has 1 heterocycles. The molecule has 0 saturated carbocycles. The molecule has 1 rings (SSSR count). The van der Waals surface area contributed by atoms with E-state index in [2.05, 4.69) is 36.1 Å². The van der Waals surface area contributed by atoms with Crippen molar-refractivity contribution >= 4 is 29.2 Å². The van der Waals surface area contributed by atoms with Crippen molar-refractivity contribution in [3.05, 3.63) is 17.0 Å². The van der Waals surface area contributed by atoms with Gasteiger partial charge in [0, 0.05) is 24.3 Å². The highest BCUT2D eigenvalue weighted by atomic mass is 35.5. The predicted molar refractivity (Wildman–Crippen MR) is 77.1 cm³/mol. The molecule has 96 valence electrons. The third kappa shape index (κ3) is 5.59. The van der Waals surface area contributed by atoms with Crippen LogP contribution >= 0.6 is 23.4 Å². The summed E-state index contributed by atoms with van der Waals surface area (Å²) < 4.78 is 0. The smallest absolute Gasteiger partial charge is 0.134 e. The van der Waals surface area contributed by atoms with E-state index in [4.69, 9.17) is 11.6 Å². The number of aryl methyl sites for hydroxylation is 1. The van der Waals surface area contributed by atoms with Crippen LogP contribution in [-0.4, -0.2) is 27.5 Å². The lowest BCUT2D eigenvalue weighted by Crippen LogP contribution is -2.19. The van der Waals surface area contributed by atoms with Gasteiger partial charge in [0.05, 0.1) is 0 Å². The van der Waals surface area contributed by atoms with Crippen LogP contribution in [0.15, 0.2) is 6.07 Å². The van der Waals surface area contributed by atoms with Crippen molar-refractivity contribution in [2.24, 2.45) is 0 Å². The van der Waals surface area contributed by atoms with Gasteiger partial charge >= 0.3 is 0 Å². The summed E-state index contributed by atoms with van der Waals surface area (Å²) in [6.07, 6.45) is 1.90. The van der Waals surface area contributed by atoms with Gasteiger partial charge in [0.1, 0.15) is 16.8 Å². The third-order valence-electron chi connectivity index (χ3n) is 2.18. The molecule has 0 spiro atoms. The minimum atomic E-state index is 0.389. The fourth-order valence-corrected chi connectivity index (χ4v) is 2.34. The van der Waals surface area contributed by atoms with Gasteiger partial charge in [-0.1, -0.05) is 25.4 Å². The van der Waals surface area contributed by atoms with E-state index in [-0.39, 0.29) is 0 Å². The van der Waals surface area contributed by atoms with Gasteiger partial charge in [0.15, 0.2) is 0 Å². The molecule has 5 heteroatoms. The van der Waals surface area contributed by atoms with Crippen LogP contribution < -0.4 is 5.32 Å². The first-order chi connectivity index (χ1) is 8.15. The second kappa shape index (κ2) is 7.77. The third-order valence-corrected chi connectivity index (χ3v) is 3.52. The summed E-state index contributed by atoms with van der Waals surface area (Å²) in [4.78, 5) is 8.66. The summed E-state index contributed by atoms with van der Waals surface area (Å²) in [5, 5.41) is 3.88. The second-order valence-corrected chi connectivity index (χ2v) is 5.65. The molecule has 1 aromatic heterocycles. The molecular formula is C12H20ClN3S. The van der Waals surface area contributed by atoms with Crippen molar-refractivity contribution in [2.45, 2.75) is 39.7 Å². The Balaban J connectivity index is 2.63. The lowest BCUT2D eigenvalue weighted by atomic mass is 10.3. The number of hydrogen-bond donors (Lipinski definition) is 1. The maximum Gasteiger partial charge on any atom is 0.134 e. The number of rotatable bonds is 7. The first-order valence-corrected chi connectivity index (χ1v) is 7.56. The summed E-state index contributed by atoms with van der Waals surface area (Å²) in [6.45, 7) is 6.42. The zero-order chi connectivity index (χ0) is 12.7. The minimum Gasteiger partial charge on any atom is -0.367 e. The first-order valence-electron chi connectivity index (χ1n) is 6.03. The summed E-state index contributed by atoms with van der Waals surface area (Å²) in [7, 11) is 0. The van der Waals surface area contributed by atoms with E-state index >= 15 is 0 Å². The summed E-state index contributed by atoms with van der Waals surface area (Å²) in [6, 6.07) is 2.17. The van der Waals surface area contributed by atoms with Crippen LogP contribution in [-0.2, 0) is 6.42 Å². The molecule has 1 unspecified atom stereocenters. The van der Waals surface area contributed by atoms with E-state index in [9.17, 15) is 0 Å². The zero-order valence-corrected chi connectivity index (χ0v) is 12.2.